The molecule has 0 atom stereocenters. The van der Waals surface area contributed by atoms with Gasteiger partial charge in [0.25, 0.3) is 0 Å². The SMILES string of the molecule is COC(=O)c1nc(-c2cc(F)ccc2F)[nH]c1C. The second-order valence-electron chi connectivity index (χ2n) is 3.67. The van der Waals surface area contributed by atoms with Gasteiger partial charge >= 0.3 is 5.97 Å². The number of nitrogens with zero attached hydrogens (tertiary/aromatic N) is 1. The highest BCUT2D eigenvalue weighted by Crippen LogP contribution is 2.22. The molecule has 1 N–H and O–H groups in total. The molecule has 18 heavy (non-hydrogen) atoms. The van der Waals surface area contributed by atoms with Crippen LogP contribution in [0.5, 0.6) is 0 Å². The Kier molecular flexibility index (Phi) is 3.10. The first-order chi connectivity index (χ1) is 8.52. The molecular weight excluding hydrogens is 242 g/mol. The van der Waals surface area contributed by atoms with Gasteiger partial charge in [0, 0.05) is 5.69 Å². The normalized spacial score (nSPS) is 10.4. The summed E-state index contributed by atoms with van der Waals surface area (Å²) < 4.78 is 31.1. The molecule has 1 aromatic carbocycles. The Morgan fingerprint density at radius 1 is 1.39 bits per heavy atom. The highest BCUT2D eigenvalue weighted by atomic mass is 19.1. The monoisotopic (exact) mass is 252 g/mol. The summed E-state index contributed by atoms with van der Waals surface area (Å²) in [6, 6.07) is 3.02. The van der Waals surface area contributed by atoms with E-state index < -0.39 is 17.6 Å². The Hall–Kier alpha value is -2.24. The lowest BCUT2D eigenvalue weighted by atomic mass is 10.2. The van der Waals surface area contributed by atoms with Crippen LogP contribution in [0.2, 0.25) is 0 Å². The molecule has 6 heteroatoms. The number of halogens is 2. The van der Waals surface area contributed by atoms with Crippen LogP contribution in [0.1, 0.15) is 16.2 Å². The van der Waals surface area contributed by atoms with Crippen LogP contribution in [0.25, 0.3) is 11.4 Å². The Morgan fingerprint density at radius 3 is 2.78 bits per heavy atom. The lowest BCUT2D eigenvalue weighted by Gasteiger charge is -1.99. The van der Waals surface area contributed by atoms with Gasteiger partial charge in [-0.3, -0.25) is 0 Å². The first kappa shape index (κ1) is 12.2. The average molecular weight is 252 g/mol. The van der Waals surface area contributed by atoms with Gasteiger partial charge in [0.05, 0.1) is 12.7 Å². The van der Waals surface area contributed by atoms with Crippen molar-refractivity contribution in [1.29, 1.82) is 0 Å². The first-order valence-electron chi connectivity index (χ1n) is 5.13. The van der Waals surface area contributed by atoms with Gasteiger partial charge in [-0.05, 0) is 25.1 Å². The van der Waals surface area contributed by atoms with E-state index >= 15 is 0 Å². The van der Waals surface area contributed by atoms with Crippen molar-refractivity contribution in [3.8, 4) is 11.4 Å². The number of nitrogens with one attached hydrogen (secondary N) is 1. The quantitative estimate of drug-likeness (QED) is 0.835. The molecule has 0 amide bonds. The van der Waals surface area contributed by atoms with Crippen LogP contribution in [-0.4, -0.2) is 23.0 Å². The molecule has 0 fully saturated rings. The third-order valence-electron chi connectivity index (χ3n) is 2.45. The standard InChI is InChI=1S/C12H10F2N2O2/c1-6-10(12(17)18-2)16-11(15-6)8-5-7(13)3-4-9(8)14/h3-5H,1-2H3,(H,15,16). The number of H-pyrrole nitrogens is 1. The maximum Gasteiger partial charge on any atom is 0.358 e. The van der Waals surface area contributed by atoms with E-state index in [2.05, 4.69) is 14.7 Å². The van der Waals surface area contributed by atoms with Gasteiger partial charge in [0.15, 0.2) is 5.69 Å². The van der Waals surface area contributed by atoms with Crippen molar-refractivity contribution in [2.45, 2.75) is 6.92 Å². The number of methoxy groups -OCH3 is 1. The van der Waals surface area contributed by atoms with Crippen LogP contribution < -0.4 is 0 Å². The zero-order valence-electron chi connectivity index (χ0n) is 9.75. The molecule has 0 radical (unpaired) electrons. The molecule has 2 aromatic rings. The highest BCUT2D eigenvalue weighted by Gasteiger charge is 2.18. The molecule has 4 nitrogen and oxygen atoms in total. The van der Waals surface area contributed by atoms with E-state index in [-0.39, 0.29) is 17.1 Å². The van der Waals surface area contributed by atoms with Crippen LogP contribution in [0.4, 0.5) is 8.78 Å². The van der Waals surface area contributed by atoms with E-state index in [0.717, 1.165) is 18.2 Å². The van der Waals surface area contributed by atoms with Gasteiger partial charge in [0.1, 0.15) is 17.5 Å². The summed E-state index contributed by atoms with van der Waals surface area (Å²) in [4.78, 5) is 18.0. The Balaban J connectivity index is 2.52. The second kappa shape index (κ2) is 4.56. The van der Waals surface area contributed by atoms with Gasteiger partial charge in [-0.15, -0.1) is 0 Å². The molecule has 0 aliphatic rings. The lowest BCUT2D eigenvalue weighted by Crippen LogP contribution is -2.03. The molecule has 0 spiro atoms. The van der Waals surface area contributed by atoms with Crippen molar-refractivity contribution in [2.24, 2.45) is 0 Å². The number of imidazole rings is 1. The summed E-state index contributed by atoms with van der Waals surface area (Å²) in [5.41, 5.74) is 0.449. The molecule has 94 valence electrons. The Bertz CT molecular complexity index is 608. The lowest BCUT2D eigenvalue weighted by molar-refractivity contribution is 0.0594. The van der Waals surface area contributed by atoms with E-state index in [1.54, 1.807) is 6.92 Å². The fourth-order valence-corrected chi connectivity index (χ4v) is 1.56. The predicted molar refractivity (Wildman–Crippen MR) is 60.0 cm³/mol. The van der Waals surface area contributed by atoms with Gasteiger partial charge in [-0.25, -0.2) is 18.6 Å². The highest BCUT2D eigenvalue weighted by molar-refractivity contribution is 5.89. The maximum absolute atomic E-state index is 13.5. The summed E-state index contributed by atoms with van der Waals surface area (Å²) in [6.45, 7) is 1.60. The topological polar surface area (TPSA) is 55.0 Å². The molecule has 2 rings (SSSR count). The van der Waals surface area contributed by atoms with Gasteiger partial charge in [0.2, 0.25) is 0 Å². The zero-order valence-corrected chi connectivity index (χ0v) is 9.75. The minimum absolute atomic E-state index is 0.0340. The predicted octanol–water partition coefficient (Wildman–Crippen LogP) is 2.45. The van der Waals surface area contributed by atoms with Crippen molar-refractivity contribution < 1.29 is 18.3 Å². The Morgan fingerprint density at radius 2 is 2.11 bits per heavy atom. The number of rotatable bonds is 2. The molecule has 0 aliphatic heterocycles. The van der Waals surface area contributed by atoms with Crippen LogP contribution >= 0.6 is 0 Å². The maximum atomic E-state index is 13.5. The molecule has 0 saturated heterocycles. The summed E-state index contributed by atoms with van der Waals surface area (Å²) in [6.07, 6.45) is 0. The van der Waals surface area contributed by atoms with Crippen molar-refractivity contribution in [3.63, 3.8) is 0 Å². The molecule has 1 aromatic heterocycles. The number of benzene rings is 1. The molecule has 0 bridgehead atoms. The van der Waals surface area contributed by atoms with E-state index in [4.69, 9.17) is 0 Å². The van der Waals surface area contributed by atoms with Crippen LogP contribution in [0, 0.1) is 18.6 Å². The second-order valence-corrected chi connectivity index (χ2v) is 3.67. The van der Waals surface area contributed by atoms with E-state index in [0.29, 0.717) is 5.69 Å². The minimum atomic E-state index is -0.633. The number of aromatic nitrogens is 2. The summed E-state index contributed by atoms with van der Waals surface area (Å²) in [5.74, 6) is -1.75. The number of esters is 1. The molecule has 0 unspecified atom stereocenters. The number of ether oxygens (including phenoxy) is 1. The molecular formula is C12H10F2N2O2. The van der Waals surface area contributed by atoms with Crippen molar-refractivity contribution in [3.05, 3.63) is 41.2 Å². The number of aryl methyl sites for hydroxylation is 1. The summed E-state index contributed by atoms with van der Waals surface area (Å²) >= 11 is 0. The summed E-state index contributed by atoms with van der Waals surface area (Å²) in [7, 11) is 1.22. The van der Waals surface area contributed by atoms with E-state index in [1.165, 1.54) is 7.11 Å². The molecule has 1 heterocycles. The van der Waals surface area contributed by atoms with Crippen LogP contribution in [0.3, 0.4) is 0 Å². The number of aromatic amines is 1. The largest absolute Gasteiger partial charge is 0.464 e. The first-order valence-corrected chi connectivity index (χ1v) is 5.13. The van der Waals surface area contributed by atoms with Crippen molar-refractivity contribution in [2.75, 3.05) is 7.11 Å². The summed E-state index contributed by atoms with van der Waals surface area (Å²) in [5, 5.41) is 0. The molecule has 0 saturated carbocycles. The third-order valence-corrected chi connectivity index (χ3v) is 2.45. The smallest absolute Gasteiger partial charge is 0.358 e. The van der Waals surface area contributed by atoms with Gasteiger partial charge in [-0.1, -0.05) is 0 Å². The fourth-order valence-electron chi connectivity index (χ4n) is 1.56. The van der Waals surface area contributed by atoms with Crippen LogP contribution in [0.15, 0.2) is 18.2 Å². The van der Waals surface area contributed by atoms with E-state index in [1.807, 2.05) is 0 Å². The number of carbonyl (C=O) groups excluding carboxylic acids is 1. The minimum Gasteiger partial charge on any atom is -0.464 e. The number of hydrogen-bond acceptors (Lipinski definition) is 3. The average Bonchev–Trinajstić information content (AvgIpc) is 2.73. The fraction of sp³-hybridized carbons (Fsp3) is 0.167. The third kappa shape index (κ3) is 2.09. The number of carbonyl (C=O) groups is 1. The Labute approximate surface area is 102 Å². The van der Waals surface area contributed by atoms with Crippen molar-refractivity contribution in [1.82, 2.24) is 9.97 Å². The number of hydrogen-bond donors (Lipinski definition) is 1. The van der Waals surface area contributed by atoms with E-state index in [9.17, 15) is 13.6 Å². The van der Waals surface area contributed by atoms with Gasteiger partial charge < -0.3 is 9.72 Å². The van der Waals surface area contributed by atoms with Crippen LogP contribution in [-0.2, 0) is 4.74 Å². The van der Waals surface area contributed by atoms with Gasteiger partial charge in [-0.2, -0.15) is 0 Å². The zero-order chi connectivity index (χ0) is 13.3. The van der Waals surface area contributed by atoms with Crippen molar-refractivity contribution >= 4 is 5.97 Å². The molecule has 0 aliphatic carbocycles.